The van der Waals surface area contributed by atoms with Crippen molar-refractivity contribution >= 4 is 5.91 Å². The van der Waals surface area contributed by atoms with Crippen LogP contribution < -0.4 is 11.1 Å². The van der Waals surface area contributed by atoms with Gasteiger partial charge in [-0.1, -0.05) is 12.8 Å². The first-order valence-corrected chi connectivity index (χ1v) is 4.75. The fraction of sp³-hybridized carbons (Fsp3) is 0.889. The number of ether oxygens (including phenoxy) is 1. The monoisotopic (exact) mass is 186 g/mol. The highest BCUT2D eigenvalue weighted by Gasteiger charge is 2.38. The van der Waals surface area contributed by atoms with Crippen LogP contribution in [0.25, 0.3) is 0 Å². The molecule has 1 aliphatic rings. The summed E-state index contributed by atoms with van der Waals surface area (Å²) < 4.78 is 4.91. The van der Waals surface area contributed by atoms with E-state index >= 15 is 0 Å². The number of primary amides is 1. The summed E-state index contributed by atoms with van der Waals surface area (Å²) in [6.07, 6.45) is 3.91. The highest BCUT2D eigenvalue weighted by molar-refractivity contribution is 5.84. The van der Waals surface area contributed by atoms with Crippen molar-refractivity contribution in [1.82, 2.24) is 5.32 Å². The van der Waals surface area contributed by atoms with E-state index < -0.39 is 5.54 Å². The van der Waals surface area contributed by atoms with Gasteiger partial charge in [0.15, 0.2) is 0 Å². The Balaban J connectivity index is 2.43. The topological polar surface area (TPSA) is 64.3 Å². The number of carbonyl (C=O) groups excluding carboxylic acids is 1. The Morgan fingerprint density at radius 1 is 1.54 bits per heavy atom. The molecule has 0 spiro atoms. The molecule has 1 fully saturated rings. The van der Waals surface area contributed by atoms with Crippen molar-refractivity contribution in [3.05, 3.63) is 0 Å². The van der Waals surface area contributed by atoms with Gasteiger partial charge >= 0.3 is 0 Å². The van der Waals surface area contributed by atoms with Crippen LogP contribution in [0, 0.1) is 0 Å². The minimum Gasteiger partial charge on any atom is -0.383 e. The first-order valence-electron chi connectivity index (χ1n) is 4.75. The van der Waals surface area contributed by atoms with E-state index in [4.69, 9.17) is 10.5 Å². The van der Waals surface area contributed by atoms with E-state index in [1.54, 1.807) is 7.11 Å². The number of methoxy groups -OCH3 is 1. The summed E-state index contributed by atoms with van der Waals surface area (Å²) >= 11 is 0. The van der Waals surface area contributed by atoms with Gasteiger partial charge in [0.2, 0.25) is 5.91 Å². The van der Waals surface area contributed by atoms with Crippen LogP contribution in [0.4, 0.5) is 0 Å². The van der Waals surface area contributed by atoms with E-state index in [0.717, 1.165) is 25.7 Å². The van der Waals surface area contributed by atoms with Gasteiger partial charge in [0.05, 0.1) is 12.1 Å². The normalized spacial score (nSPS) is 20.4. The Morgan fingerprint density at radius 3 is 2.62 bits per heavy atom. The van der Waals surface area contributed by atoms with Gasteiger partial charge in [-0.05, 0) is 12.8 Å². The second-order valence-electron chi connectivity index (χ2n) is 3.57. The number of nitrogens with one attached hydrogen (secondary N) is 1. The minimum atomic E-state index is -0.446. The molecule has 1 amide bonds. The average molecular weight is 186 g/mol. The number of hydrogen-bond donors (Lipinski definition) is 2. The third-order valence-electron chi connectivity index (χ3n) is 2.70. The number of hydrogen-bond acceptors (Lipinski definition) is 3. The van der Waals surface area contributed by atoms with E-state index in [9.17, 15) is 4.79 Å². The SMILES string of the molecule is COCCNC1(C(N)=O)CCCC1. The Bertz CT molecular complexity index is 176. The van der Waals surface area contributed by atoms with Crippen molar-refractivity contribution in [2.45, 2.75) is 31.2 Å². The second kappa shape index (κ2) is 4.58. The Hall–Kier alpha value is -0.610. The third-order valence-corrected chi connectivity index (χ3v) is 2.70. The van der Waals surface area contributed by atoms with Gasteiger partial charge in [-0.2, -0.15) is 0 Å². The molecule has 1 saturated carbocycles. The first kappa shape index (κ1) is 10.5. The number of amides is 1. The maximum Gasteiger partial charge on any atom is 0.237 e. The molecule has 3 N–H and O–H groups in total. The van der Waals surface area contributed by atoms with Crippen molar-refractivity contribution in [2.75, 3.05) is 20.3 Å². The van der Waals surface area contributed by atoms with E-state index in [0.29, 0.717) is 13.2 Å². The lowest BCUT2D eigenvalue weighted by atomic mass is 9.97. The summed E-state index contributed by atoms with van der Waals surface area (Å²) in [5.74, 6) is -0.221. The van der Waals surface area contributed by atoms with E-state index in [-0.39, 0.29) is 5.91 Å². The summed E-state index contributed by atoms with van der Waals surface area (Å²) in [7, 11) is 1.65. The zero-order valence-electron chi connectivity index (χ0n) is 8.14. The van der Waals surface area contributed by atoms with Gasteiger partial charge in [0.1, 0.15) is 0 Å². The van der Waals surface area contributed by atoms with E-state index in [2.05, 4.69) is 5.32 Å². The van der Waals surface area contributed by atoms with Crippen LogP contribution in [-0.4, -0.2) is 31.7 Å². The van der Waals surface area contributed by atoms with Crippen LogP contribution in [0.2, 0.25) is 0 Å². The van der Waals surface area contributed by atoms with Gasteiger partial charge in [-0.15, -0.1) is 0 Å². The summed E-state index contributed by atoms with van der Waals surface area (Å²) in [6.45, 7) is 1.31. The zero-order chi connectivity index (χ0) is 9.73. The molecule has 0 heterocycles. The fourth-order valence-electron chi connectivity index (χ4n) is 1.88. The van der Waals surface area contributed by atoms with Crippen LogP contribution in [0.15, 0.2) is 0 Å². The van der Waals surface area contributed by atoms with Crippen LogP contribution in [0.5, 0.6) is 0 Å². The maximum atomic E-state index is 11.2. The zero-order valence-corrected chi connectivity index (χ0v) is 8.14. The van der Waals surface area contributed by atoms with E-state index in [1.807, 2.05) is 0 Å². The summed E-state index contributed by atoms with van der Waals surface area (Å²) in [5.41, 5.74) is 4.93. The molecule has 0 aromatic carbocycles. The summed E-state index contributed by atoms with van der Waals surface area (Å²) in [5, 5.41) is 3.20. The maximum absolute atomic E-state index is 11.2. The molecule has 0 aromatic heterocycles. The molecule has 1 rings (SSSR count). The summed E-state index contributed by atoms with van der Waals surface area (Å²) in [4.78, 5) is 11.2. The molecule has 0 bridgehead atoms. The highest BCUT2D eigenvalue weighted by atomic mass is 16.5. The molecule has 76 valence electrons. The molecule has 4 nitrogen and oxygen atoms in total. The van der Waals surface area contributed by atoms with Gasteiger partial charge in [0, 0.05) is 13.7 Å². The van der Waals surface area contributed by atoms with Crippen molar-refractivity contribution in [2.24, 2.45) is 5.73 Å². The van der Waals surface area contributed by atoms with Crippen LogP contribution in [-0.2, 0) is 9.53 Å². The molecule has 0 radical (unpaired) electrons. The number of carbonyl (C=O) groups is 1. The van der Waals surface area contributed by atoms with E-state index in [1.165, 1.54) is 0 Å². The molecule has 1 aliphatic carbocycles. The molecular formula is C9H18N2O2. The van der Waals surface area contributed by atoms with Crippen molar-refractivity contribution in [3.63, 3.8) is 0 Å². The first-order chi connectivity index (χ1) is 6.21. The van der Waals surface area contributed by atoms with Crippen LogP contribution in [0.3, 0.4) is 0 Å². The largest absolute Gasteiger partial charge is 0.383 e. The average Bonchev–Trinajstić information content (AvgIpc) is 2.55. The van der Waals surface area contributed by atoms with Crippen molar-refractivity contribution in [1.29, 1.82) is 0 Å². The van der Waals surface area contributed by atoms with Gasteiger partial charge in [-0.3, -0.25) is 4.79 Å². The Kier molecular flexibility index (Phi) is 3.69. The van der Waals surface area contributed by atoms with Gasteiger partial charge < -0.3 is 15.8 Å². The minimum absolute atomic E-state index is 0.221. The third kappa shape index (κ3) is 2.42. The number of nitrogens with two attached hydrogens (primary N) is 1. The molecule has 4 heteroatoms. The Morgan fingerprint density at radius 2 is 2.15 bits per heavy atom. The van der Waals surface area contributed by atoms with Crippen LogP contribution in [0.1, 0.15) is 25.7 Å². The smallest absolute Gasteiger partial charge is 0.237 e. The lowest BCUT2D eigenvalue weighted by Crippen LogP contribution is -2.54. The lowest BCUT2D eigenvalue weighted by Gasteiger charge is -2.26. The Labute approximate surface area is 78.8 Å². The fourth-order valence-corrected chi connectivity index (χ4v) is 1.88. The molecule has 0 unspecified atom stereocenters. The second-order valence-corrected chi connectivity index (χ2v) is 3.57. The molecule has 13 heavy (non-hydrogen) atoms. The molecule has 0 aliphatic heterocycles. The molecular weight excluding hydrogens is 168 g/mol. The molecule has 0 saturated heterocycles. The summed E-state index contributed by atoms with van der Waals surface area (Å²) in [6, 6.07) is 0. The van der Waals surface area contributed by atoms with Gasteiger partial charge in [-0.25, -0.2) is 0 Å². The highest BCUT2D eigenvalue weighted by Crippen LogP contribution is 2.28. The van der Waals surface area contributed by atoms with Gasteiger partial charge in [0.25, 0.3) is 0 Å². The van der Waals surface area contributed by atoms with Crippen LogP contribution >= 0.6 is 0 Å². The lowest BCUT2D eigenvalue weighted by molar-refractivity contribution is -0.124. The predicted molar refractivity (Wildman–Crippen MR) is 50.3 cm³/mol. The standard InChI is InChI=1S/C9H18N2O2/c1-13-7-6-11-9(8(10)12)4-2-3-5-9/h11H,2-7H2,1H3,(H2,10,12). The molecule has 0 aromatic rings. The predicted octanol–water partition coefficient (Wildman–Crippen LogP) is 0.0205. The quantitative estimate of drug-likeness (QED) is 0.595. The van der Waals surface area contributed by atoms with Crippen molar-refractivity contribution < 1.29 is 9.53 Å². The number of rotatable bonds is 5. The van der Waals surface area contributed by atoms with Crippen molar-refractivity contribution in [3.8, 4) is 0 Å². The molecule has 0 atom stereocenters.